The monoisotopic (exact) mass is 284 g/mol. The van der Waals surface area contributed by atoms with E-state index in [0.717, 1.165) is 5.69 Å². The Labute approximate surface area is 114 Å². The van der Waals surface area contributed by atoms with E-state index >= 15 is 0 Å². The lowest BCUT2D eigenvalue weighted by Gasteiger charge is -1.99. The maximum absolute atomic E-state index is 5.56. The van der Waals surface area contributed by atoms with Gasteiger partial charge in [-0.3, -0.25) is 0 Å². The standard InChI is InChI=1S/C11H16N4O3S/c1-16-4-5-17-3-2-9-14-10(18-15-9)6-8-7-19-11(12)13-8/h7H,2-6H2,1H3,(H2,12,13). The molecule has 2 rings (SSSR count). The number of methoxy groups -OCH3 is 1. The SMILES string of the molecule is COCCOCCc1noc(Cc2csc(N)n2)n1. The van der Waals surface area contributed by atoms with E-state index in [1.807, 2.05) is 5.38 Å². The molecule has 104 valence electrons. The van der Waals surface area contributed by atoms with Gasteiger partial charge in [-0.05, 0) is 0 Å². The number of aromatic nitrogens is 3. The molecule has 0 radical (unpaired) electrons. The molecule has 0 bridgehead atoms. The van der Waals surface area contributed by atoms with Crippen LogP contribution in [-0.4, -0.2) is 42.1 Å². The highest BCUT2D eigenvalue weighted by atomic mass is 32.1. The number of nitrogens with zero attached hydrogens (tertiary/aromatic N) is 3. The van der Waals surface area contributed by atoms with Gasteiger partial charge >= 0.3 is 0 Å². The summed E-state index contributed by atoms with van der Waals surface area (Å²) in [5.74, 6) is 1.17. The summed E-state index contributed by atoms with van der Waals surface area (Å²) < 4.78 is 15.3. The van der Waals surface area contributed by atoms with Crippen LogP contribution in [0.2, 0.25) is 0 Å². The minimum Gasteiger partial charge on any atom is -0.382 e. The van der Waals surface area contributed by atoms with Crippen LogP contribution in [-0.2, 0) is 22.3 Å². The van der Waals surface area contributed by atoms with Crippen molar-refractivity contribution in [2.24, 2.45) is 0 Å². The maximum atomic E-state index is 5.56. The quantitative estimate of drug-likeness (QED) is 0.719. The summed E-state index contributed by atoms with van der Waals surface area (Å²) in [5.41, 5.74) is 6.40. The molecular weight excluding hydrogens is 268 g/mol. The Kier molecular flexibility index (Phi) is 5.25. The van der Waals surface area contributed by atoms with Crippen molar-refractivity contribution in [2.45, 2.75) is 12.8 Å². The van der Waals surface area contributed by atoms with Crippen LogP contribution in [0, 0.1) is 0 Å². The average molecular weight is 284 g/mol. The van der Waals surface area contributed by atoms with E-state index in [-0.39, 0.29) is 0 Å². The predicted molar refractivity (Wildman–Crippen MR) is 70.0 cm³/mol. The zero-order valence-electron chi connectivity index (χ0n) is 10.7. The Morgan fingerprint density at radius 2 is 2.21 bits per heavy atom. The molecule has 0 aliphatic rings. The number of nitrogen functional groups attached to an aromatic ring is 1. The average Bonchev–Trinajstić information content (AvgIpc) is 2.99. The van der Waals surface area contributed by atoms with Crippen LogP contribution < -0.4 is 5.73 Å². The van der Waals surface area contributed by atoms with Gasteiger partial charge in [-0.2, -0.15) is 4.98 Å². The normalized spacial score (nSPS) is 11.0. The molecule has 0 aliphatic carbocycles. The smallest absolute Gasteiger partial charge is 0.232 e. The number of ether oxygens (including phenoxy) is 2. The van der Waals surface area contributed by atoms with Crippen molar-refractivity contribution in [3.63, 3.8) is 0 Å². The molecule has 0 saturated carbocycles. The van der Waals surface area contributed by atoms with Crippen LogP contribution in [0.15, 0.2) is 9.90 Å². The number of hydrogen-bond acceptors (Lipinski definition) is 8. The lowest BCUT2D eigenvalue weighted by Crippen LogP contribution is -2.05. The fourth-order valence-electron chi connectivity index (χ4n) is 1.43. The Hall–Kier alpha value is -1.51. The summed E-state index contributed by atoms with van der Waals surface area (Å²) >= 11 is 1.40. The van der Waals surface area contributed by atoms with Crippen molar-refractivity contribution >= 4 is 16.5 Å². The highest BCUT2D eigenvalue weighted by molar-refractivity contribution is 7.13. The molecule has 2 heterocycles. The number of nitrogens with two attached hydrogens (primary N) is 1. The largest absolute Gasteiger partial charge is 0.382 e. The molecule has 0 unspecified atom stereocenters. The van der Waals surface area contributed by atoms with E-state index in [1.165, 1.54) is 11.3 Å². The molecule has 2 aromatic heterocycles. The molecule has 19 heavy (non-hydrogen) atoms. The summed E-state index contributed by atoms with van der Waals surface area (Å²) in [4.78, 5) is 8.41. The van der Waals surface area contributed by atoms with E-state index in [4.69, 9.17) is 19.7 Å². The van der Waals surface area contributed by atoms with Gasteiger partial charge in [0.2, 0.25) is 5.89 Å². The number of thiazole rings is 1. The molecule has 8 heteroatoms. The second-order valence-electron chi connectivity index (χ2n) is 3.81. The van der Waals surface area contributed by atoms with E-state index in [9.17, 15) is 0 Å². The Morgan fingerprint density at radius 1 is 1.32 bits per heavy atom. The molecule has 0 saturated heterocycles. The molecule has 0 aromatic carbocycles. The van der Waals surface area contributed by atoms with Gasteiger partial charge in [0.25, 0.3) is 0 Å². The van der Waals surface area contributed by atoms with Crippen molar-refractivity contribution in [1.82, 2.24) is 15.1 Å². The Balaban J connectivity index is 1.75. The van der Waals surface area contributed by atoms with Crippen molar-refractivity contribution in [3.8, 4) is 0 Å². The van der Waals surface area contributed by atoms with Gasteiger partial charge in [0, 0.05) is 18.9 Å². The summed E-state index contributed by atoms with van der Waals surface area (Å²) in [6, 6.07) is 0. The van der Waals surface area contributed by atoms with E-state index in [0.29, 0.717) is 49.5 Å². The van der Waals surface area contributed by atoms with Crippen LogP contribution in [0.5, 0.6) is 0 Å². The summed E-state index contributed by atoms with van der Waals surface area (Å²) in [7, 11) is 1.64. The van der Waals surface area contributed by atoms with Crippen LogP contribution in [0.4, 0.5) is 5.13 Å². The molecule has 0 amide bonds. The van der Waals surface area contributed by atoms with Crippen LogP contribution in [0.1, 0.15) is 17.4 Å². The highest BCUT2D eigenvalue weighted by Crippen LogP contribution is 2.14. The maximum Gasteiger partial charge on any atom is 0.232 e. The van der Waals surface area contributed by atoms with Crippen LogP contribution in [0.3, 0.4) is 0 Å². The Morgan fingerprint density at radius 3 is 2.95 bits per heavy atom. The highest BCUT2D eigenvalue weighted by Gasteiger charge is 2.09. The lowest BCUT2D eigenvalue weighted by atomic mass is 10.3. The molecular formula is C11H16N4O3S. The first kappa shape index (κ1) is 13.9. The minimum absolute atomic E-state index is 0.505. The number of rotatable bonds is 8. The third-order valence-corrected chi connectivity index (χ3v) is 3.04. The van der Waals surface area contributed by atoms with Crippen molar-refractivity contribution in [1.29, 1.82) is 0 Å². The van der Waals surface area contributed by atoms with Gasteiger partial charge in [-0.25, -0.2) is 4.98 Å². The molecule has 0 aliphatic heterocycles. The van der Waals surface area contributed by atoms with E-state index < -0.39 is 0 Å². The second kappa shape index (κ2) is 7.17. The molecule has 0 fully saturated rings. The zero-order chi connectivity index (χ0) is 13.5. The van der Waals surface area contributed by atoms with E-state index in [1.54, 1.807) is 7.11 Å². The predicted octanol–water partition coefficient (Wildman–Crippen LogP) is 0.905. The topological polar surface area (TPSA) is 96.3 Å². The van der Waals surface area contributed by atoms with Crippen molar-refractivity contribution in [3.05, 3.63) is 22.8 Å². The first-order valence-electron chi connectivity index (χ1n) is 5.86. The van der Waals surface area contributed by atoms with E-state index in [2.05, 4.69) is 15.1 Å². The van der Waals surface area contributed by atoms with Crippen molar-refractivity contribution < 1.29 is 14.0 Å². The van der Waals surface area contributed by atoms with Gasteiger partial charge in [0.15, 0.2) is 11.0 Å². The summed E-state index contributed by atoms with van der Waals surface area (Å²) in [6.45, 7) is 1.70. The summed E-state index contributed by atoms with van der Waals surface area (Å²) in [5, 5.41) is 6.31. The molecule has 2 N–H and O–H groups in total. The number of hydrogen-bond donors (Lipinski definition) is 1. The fourth-order valence-corrected chi connectivity index (χ4v) is 1.99. The lowest BCUT2D eigenvalue weighted by molar-refractivity contribution is 0.0714. The molecule has 0 atom stereocenters. The van der Waals surface area contributed by atoms with Gasteiger partial charge in [-0.15, -0.1) is 11.3 Å². The van der Waals surface area contributed by atoms with Gasteiger partial charge < -0.3 is 19.7 Å². The third-order valence-electron chi connectivity index (χ3n) is 2.31. The summed E-state index contributed by atoms with van der Waals surface area (Å²) in [6.07, 6.45) is 1.12. The van der Waals surface area contributed by atoms with Crippen molar-refractivity contribution in [2.75, 3.05) is 32.7 Å². The van der Waals surface area contributed by atoms with Gasteiger partial charge in [0.05, 0.1) is 31.9 Å². The zero-order valence-corrected chi connectivity index (χ0v) is 11.5. The number of anilines is 1. The van der Waals surface area contributed by atoms with Gasteiger partial charge in [0.1, 0.15) is 0 Å². The first-order valence-corrected chi connectivity index (χ1v) is 6.74. The molecule has 0 spiro atoms. The second-order valence-corrected chi connectivity index (χ2v) is 4.70. The molecule has 7 nitrogen and oxygen atoms in total. The third kappa shape index (κ3) is 4.58. The van der Waals surface area contributed by atoms with Crippen LogP contribution >= 0.6 is 11.3 Å². The minimum atomic E-state index is 0.505. The Bertz CT molecular complexity index is 500. The molecule has 2 aromatic rings. The van der Waals surface area contributed by atoms with Crippen LogP contribution in [0.25, 0.3) is 0 Å². The fraction of sp³-hybridized carbons (Fsp3) is 0.545. The van der Waals surface area contributed by atoms with Gasteiger partial charge in [-0.1, -0.05) is 5.16 Å². The first-order chi connectivity index (χ1) is 9.28.